The highest BCUT2D eigenvalue weighted by atomic mass is 16.2. The van der Waals surface area contributed by atoms with Crippen molar-refractivity contribution in [1.29, 1.82) is 0 Å². The van der Waals surface area contributed by atoms with Crippen molar-refractivity contribution in [1.82, 2.24) is 10.6 Å². The number of benzene rings is 1. The quantitative estimate of drug-likeness (QED) is 0.567. The zero-order valence-corrected chi connectivity index (χ0v) is 9.61. The molecule has 1 aromatic carbocycles. The van der Waals surface area contributed by atoms with E-state index < -0.39 is 0 Å². The van der Waals surface area contributed by atoms with Crippen LogP contribution in [0.25, 0.3) is 0 Å². The fourth-order valence-electron chi connectivity index (χ4n) is 1.25. The zero-order valence-electron chi connectivity index (χ0n) is 9.61. The van der Waals surface area contributed by atoms with E-state index in [2.05, 4.69) is 17.2 Å². The topological polar surface area (TPSA) is 58.2 Å². The molecule has 0 spiro atoms. The minimum atomic E-state index is -0.296. The molecule has 0 radical (unpaired) electrons. The predicted molar refractivity (Wildman–Crippen MR) is 66.1 cm³/mol. The fraction of sp³-hybridized carbons (Fsp3) is 0.231. The second-order valence-electron chi connectivity index (χ2n) is 3.53. The molecule has 0 atom stereocenters. The molecule has 0 aromatic heterocycles. The van der Waals surface area contributed by atoms with E-state index in [0.29, 0.717) is 13.1 Å². The summed E-state index contributed by atoms with van der Waals surface area (Å²) in [5.41, 5.74) is 1.01. The minimum absolute atomic E-state index is 0.152. The molecule has 4 nitrogen and oxygen atoms in total. The molecule has 1 rings (SSSR count). The number of hydrogen-bond acceptors (Lipinski definition) is 2. The van der Waals surface area contributed by atoms with Gasteiger partial charge >= 0.3 is 0 Å². The monoisotopic (exact) mass is 232 g/mol. The highest BCUT2D eigenvalue weighted by Gasteiger charge is 2.07. The van der Waals surface area contributed by atoms with Crippen LogP contribution in [-0.2, 0) is 16.1 Å². The molecular weight excluding hydrogens is 216 g/mol. The van der Waals surface area contributed by atoms with E-state index in [-0.39, 0.29) is 18.2 Å². The number of carbonyl (C=O) groups excluding carboxylic acids is 2. The van der Waals surface area contributed by atoms with Crippen molar-refractivity contribution in [3.8, 4) is 0 Å². The Balaban J connectivity index is 2.26. The number of hydrogen-bond donors (Lipinski definition) is 2. The van der Waals surface area contributed by atoms with Gasteiger partial charge in [-0.1, -0.05) is 36.4 Å². The van der Waals surface area contributed by atoms with Crippen LogP contribution in [0.3, 0.4) is 0 Å². The van der Waals surface area contributed by atoms with Crippen LogP contribution < -0.4 is 10.6 Å². The second kappa shape index (κ2) is 7.22. The number of carbonyl (C=O) groups is 2. The van der Waals surface area contributed by atoms with Crippen LogP contribution in [0, 0.1) is 0 Å². The van der Waals surface area contributed by atoms with E-state index >= 15 is 0 Å². The molecule has 2 N–H and O–H groups in total. The van der Waals surface area contributed by atoms with E-state index in [1.807, 2.05) is 30.3 Å². The molecule has 90 valence electrons. The van der Waals surface area contributed by atoms with Crippen LogP contribution >= 0.6 is 0 Å². The molecule has 0 fully saturated rings. The molecule has 0 aliphatic heterocycles. The summed E-state index contributed by atoms with van der Waals surface area (Å²) in [6.45, 7) is 4.29. The Bertz CT molecular complexity index is 388. The Kier molecular flexibility index (Phi) is 5.51. The van der Waals surface area contributed by atoms with E-state index in [1.54, 1.807) is 6.08 Å². The van der Waals surface area contributed by atoms with Crippen molar-refractivity contribution in [3.05, 3.63) is 48.6 Å². The first kappa shape index (κ1) is 13.0. The second-order valence-corrected chi connectivity index (χ2v) is 3.53. The molecule has 0 unspecified atom stereocenters. The van der Waals surface area contributed by atoms with Crippen molar-refractivity contribution >= 4 is 11.8 Å². The van der Waals surface area contributed by atoms with Crippen LogP contribution in [0.15, 0.2) is 43.0 Å². The molecule has 0 heterocycles. The van der Waals surface area contributed by atoms with Gasteiger partial charge in [0.2, 0.25) is 11.8 Å². The van der Waals surface area contributed by atoms with E-state index in [4.69, 9.17) is 0 Å². The van der Waals surface area contributed by atoms with Gasteiger partial charge in [-0.15, -0.1) is 6.58 Å². The number of amides is 2. The van der Waals surface area contributed by atoms with Crippen LogP contribution in [0.5, 0.6) is 0 Å². The maximum absolute atomic E-state index is 11.4. The van der Waals surface area contributed by atoms with Crippen LogP contribution in [0.2, 0.25) is 0 Å². The molecule has 4 heteroatoms. The summed E-state index contributed by atoms with van der Waals surface area (Å²) < 4.78 is 0. The Morgan fingerprint density at radius 2 is 1.76 bits per heavy atom. The average Bonchev–Trinajstić information content (AvgIpc) is 2.35. The zero-order chi connectivity index (χ0) is 12.5. The lowest BCUT2D eigenvalue weighted by atomic mass is 10.2. The molecule has 2 amide bonds. The maximum atomic E-state index is 11.4. The van der Waals surface area contributed by atoms with Crippen molar-refractivity contribution in [2.45, 2.75) is 13.0 Å². The molecule has 0 bridgehead atoms. The first-order valence-electron chi connectivity index (χ1n) is 5.40. The van der Waals surface area contributed by atoms with Gasteiger partial charge in [0.25, 0.3) is 0 Å². The van der Waals surface area contributed by atoms with Crippen molar-refractivity contribution in [3.63, 3.8) is 0 Å². The Labute approximate surface area is 101 Å². The highest BCUT2D eigenvalue weighted by Crippen LogP contribution is 1.97. The van der Waals surface area contributed by atoms with Gasteiger partial charge in [0.05, 0.1) is 0 Å². The molecule has 0 aliphatic rings. The summed E-state index contributed by atoms with van der Waals surface area (Å²) in [7, 11) is 0. The molecule has 0 saturated heterocycles. The van der Waals surface area contributed by atoms with E-state index in [1.165, 1.54) is 0 Å². The lowest BCUT2D eigenvalue weighted by molar-refractivity contribution is -0.129. The maximum Gasteiger partial charge on any atom is 0.229 e. The van der Waals surface area contributed by atoms with Crippen LogP contribution in [0.1, 0.15) is 12.0 Å². The van der Waals surface area contributed by atoms with Crippen molar-refractivity contribution in [2.24, 2.45) is 0 Å². The number of nitrogens with one attached hydrogen (secondary N) is 2. The summed E-state index contributed by atoms with van der Waals surface area (Å²) in [4.78, 5) is 22.6. The summed E-state index contributed by atoms with van der Waals surface area (Å²) in [6, 6.07) is 9.54. The smallest absolute Gasteiger partial charge is 0.229 e. The van der Waals surface area contributed by atoms with E-state index in [9.17, 15) is 9.59 Å². The van der Waals surface area contributed by atoms with Crippen LogP contribution in [0.4, 0.5) is 0 Å². The standard InChI is InChI=1S/C13H16N2O2/c1-2-8-14-12(16)9-13(17)15-10-11-6-4-3-5-7-11/h2-7H,1,8-10H2,(H,14,16)(H,15,17). The molecule has 1 aromatic rings. The van der Waals surface area contributed by atoms with Gasteiger partial charge in [-0.25, -0.2) is 0 Å². The van der Waals surface area contributed by atoms with Crippen LogP contribution in [-0.4, -0.2) is 18.4 Å². The van der Waals surface area contributed by atoms with Crippen molar-refractivity contribution < 1.29 is 9.59 Å². The largest absolute Gasteiger partial charge is 0.352 e. The minimum Gasteiger partial charge on any atom is -0.352 e. The summed E-state index contributed by atoms with van der Waals surface area (Å²) in [6.07, 6.45) is 1.42. The summed E-state index contributed by atoms with van der Waals surface area (Å²) in [5, 5.41) is 5.22. The molecule has 0 saturated carbocycles. The van der Waals surface area contributed by atoms with Gasteiger partial charge in [-0.2, -0.15) is 0 Å². The van der Waals surface area contributed by atoms with Gasteiger partial charge in [-0.3, -0.25) is 9.59 Å². The molecule has 0 aliphatic carbocycles. The first-order chi connectivity index (χ1) is 8.22. The highest BCUT2D eigenvalue weighted by molar-refractivity contribution is 5.96. The van der Waals surface area contributed by atoms with Gasteiger partial charge < -0.3 is 10.6 Å². The number of rotatable bonds is 6. The van der Waals surface area contributed by atoms with Gasteiger partial charge in [0, 0.05) is 13.1 Å². The first-order valence-corrected chi connectivity index (χ1v) is 5.40. The normalized spacial score (nSPS) is 9.41. The predicted octanol–water partition coefficient (Wildman–Crippen LogP) is 0.995. The van der Waals surface area contributed by atoms with Gasteiger partial charge in [-0.05, 0) is 5.56 Å². The third-order valence-corrected chi connectivity index (χ3v) is 2.10. The van der Waals surface area contributed by atoms with Gasteiger partial charge in [0.1, 0.15) is 6.42 Å². The molecule has 17 heavy (non-hydrogen) atoms. The summed E-state index contributed by atoms with van der Waals surface area (Å²) >= 11 is 0. The average molecular weight is 232 g/mol. The molecular formula is C13H16N2O2. The fourth-order valence-corrected chi connectivity index (χ4v) is 1.25. The third kappa shape index (κ3) is 5.51. The Hall–Kier alpha value is -2.10. The Morgan fingerprint density at radius 1 is 1.12 bits per heavy atom. The lowest BCUT2D eigenvalue weighted by Crippen LogP contribution is -2.31. The SMILES string of the molecule is C=CCNC(=O)CC(=O)NCc1ccccc1. The van der Waals surface area contributed by atoms with Gasteiger partial charge in [0.15, 0.2) is 0 Å². The van der Waals surface area contributed by atoms with Crippen molar-refractivity contribution in [2.75, 3.05) is 6.54 Å². The lowest BCUT2D eigenvalue weighted by Gasteiger charge is -2.05. The Morgan fingerprint density at radius 3 is 2.41 bits per heavy atom. The van der Waals surface area contributed by atoms with E-state index in [0.717, 1.165) is 5.56 Å². The third-order valence-electron chi connectivity index (χ3n) is 2.10. The summed E-state index contributed by atoms with van der Waals surface area (Å²) in [5.74, 6) is -0.578.